The van der Waals surface area contributed by atoms with Gasteiger partial charge in [0.15, 0.2) is 5.75 Å². The normalized spacial score (nSPS) is 18.2. The van der Waals surface area contributed by atoms with Crippen molar-refractivity contribution < 1.29 is 14.5 Å². The van der Waals surface area contributed by atoms with Gasteiger partial charge >= 0.3 is 5.69 Å². The first kappa shape index (κ1) is 18.5. The van der Waals surface area contributed by atoms with Crippen molar-refractivity contribution >= 4 is 17.3 Å². The van der Waals surface area contributed by atoms with Gasteiger partial charge in [-0.25, -0.2) is 0 Å². The van der Waals surface area contributed by atoms with Crippen LogP contribution in [-0.2, 0) is 4.79 Å². The van der Waals surface area contributed by atoms with Gasteiger partial charge in [0.25, 0.3) is 0 Å². The van der Waals surface area contributed by atoms with Crippen molar-refractivity contribution in [2.24, 2.45) is 5.92 Å². The molecular formula is C19H27N3O4. The maximum atomic E-state index is 12.5. The first-order valence-electron chi connectivity index (χ1n) is 9.44. The third kappa shape index (κ3) is 4.08. The van der Waals surface area contributed by atoms with Crippen LogP contribution in [0.15, 0.2) is 18.2 Å². The first-order valence-corrected chi connectivity index (χ1v) is 9.44. The predicted molar refractivity (Wildman–Crippen MR) is 99.6 cm³/mol. The van der Waals surface area contributed by atoms with E-state index in [9.17, 15) is 14.9 Å². The highest BCUT2D eigenvalue weighted by molar-refractivity contribution is 5.77. The van der Waals surface area contributed by atoms with Gasteiger partial charge in [-0.05, 0) is 24.5 Å². The molecule has 0 spiro atoms. The van der Waals surface area contributed by atoms with Crippen LogP contribution in [-0.4, -0.2) is 49.0 Å². The van der Waals surface area contributed by atoms with Gasteiger partial charge in [-0.1, -0.05) is 31.7 Å². The van der Waals surface area contributed by atoms with E-state index < -0.39 is 4.92 Å². The lowest BCUT2D eigenvalue weighted by atomic mass is 10.0. The quantitative estimate of drug-likeness (QED) is 0.574. The van der Waals surface area contributed by atoms with Crippen molar-refractivity contribution in [1.29, 1.82) is 0 Å². The molecule has 1 aliphatic heterocycles. The number of benzene rings is 1. The molecule has 0 radical (unpaired) electrons. The number of nitro groups is 1. The first-order chi connectivity index (χ1) is 12.6. The monoisotopic (exact) mass is 361 g/mol. The van der Waals surface area contributed by atoms with E-state index in [-0.39, 0.29) is 17.3 Å². The second-order valence-electron chi connectivity index (χ2n) is 7.14. The molecule has 3 rings (SSSR count). The minimum Gasteiger partial charge on any atom is -0.490 e. The molecule has 7 heteroatoms. The number of ether oxygens (including phenoxy) is 1. The largest absolute Gasteiger partial charge is 0.490 e. The van der Waals surface area contributed by atoms with Crippen LogP contribution in [0.1, 0.15) is 38.5 Å². The molecule has 2 aliphatic rings. The molecule has 0 N–H and O–H groups in total. The number of carbonyl (C=O) groups is 1. The molecule has 1 heterocycles. The maximum absolute atomic E-state index is 12.5. The number of nitro benzene ring substituents is 1. The fourth-order valence-electron chi connectivity index (χ4n) is 4.10. The Labute approximate surface area is 154 Å². The van der Waals surface area contributed by atoms with Crippen molar-refractivity contribution in [2.45, 2.75) is 38.5 Å². The molecule has 0 bridgehead atoms. The van der Waals surface area contributed by atoms with E-state index >= 15 is 0 Å². The standard InChI is InChI=1S/C19H27N3O4/c1-26-17-8-4-7-16(19(17)22(24)25)20-11-13-21(14-12-20)18(23)10-9-15-5-2-3-6-15/h4,7-8,15H,2-3,5-6,9-14H2,1H3. The molecule has 7 nitrogen and oxygen atoms in total. The zero-order valence-electron chi connectivity index (χ0n) is 15.4. The highest BCUT2D eigenvalue weighted by atomic mass is 16.6. The molecule has 0 atom stereocenters. The summed E-state index contributed by atoms with van der Waals surface area (Å²) >= 11 is 0. The van der Waals surface area contributed by atoms with Gasteiger partial charge in [0.1, 0.15) is 5.69 Å². The molecule has 26 heavy (non-hydrogen) atoms. The highest BCUT2D eigenvalue weighted by Gasteiger charge is 2.28. The SMILES string of the molecule is COc1cccc(N2CCN(C(=O)CCC3CCCC3)CC2)c1[N+](=O)[O-]. The van der Waals surface area contributed by atoms with Crippen molar-refractivity contribution in [1.82, 2.24) is 4.90 Å². The van der Waals surface area contributed by atoms with Crippen LogP contribution >= 0.6 is 0 Å². The second kappa shape index (κ2) is 8.38. The zero-order chi connectivity index (χ0) is 18.5. The molecule has 142 valence electrons. The van der Waals surface area contributed by atoms with Crippen molar-refractivity contribution in [3.05, 3.63) is 28.3 Å². The number of amides is 1. The molecule has 2 fully saturated rings. The average Bonchev–Trinajstić information content (AvgIpc) is 3.19. The zero-order valence-corrected chi connectivity index (χ0v) is 15.4. The molecule has 1 aromatic rings. The number of para-hydroxylation sites is 1. The Kier molecular flexibility index (Phi) is 5.96. The van der Waals surface area contributed by atoms with Crippen molar-refractivity contribution in [2.75, 3.05) is 38.2 Å². The smallest absolute Gasteiger partial charge is 0.333 e. The van der Waals surface area contributed by atoms with E-state index in [1.807, 2.05) is 9.80 Å². The lowest BCUT2D eigenvalue weighted by Gasteiger charge is -2.36. The summed E-state index contributed by atoms with van der Waals surface area (Å²) in [5.41, 5.74) is 0.559. The van der Waals surface area contributed by atoms with E-state index in [2.05, 4.69) is 0 Å². The number of piperazine rings is 1. The number of anilines is 1. The average molecular weight is 361 g/mol. The summed E-state index contributed by atoms with van der Waals surface area (Å²) in [6.45, 7) is 2.42. The van der Waals surface area contributed by atoms with Crippen LogP contribution in [0.25, 0.3) is 0 Å². The van der Waals surface area contributed by atoms with Gasteiger partial charge in [0.2, 0.25) is 5.91 Å². The van der Waals surface area contributed by atoms with Gasteiger partial charge in [-0.15, -0.1) is 0 Å². The minimum absolute atomic E-state index is 0.00369. The lowest BCUT2D eigenvalue weighted by Crippen LogP contribution is -2.49. The Hall–Kier alpha value is -2.31. The Balaban J connectivity index is 1.58. The fraction of sp³-hybridized carbons (Fsp3) is 0.632. The summed E-state index contributed by atoms with van der Waals surface area (Å²) < 4.78 is 5.15. The molecule has 0 aromatic heterocycles. The second-order valence-corrected chi connectivity index (χ2v) is 7.14. The van der Waals surface area contributed by atoms with Crippen LogP contribution in [0.2, 0.25) is 0 Å². The van der Waals surface area contributed by atoms with Gasteiger partial charge in [0.05, 0.1) is 12.0 Å². The number of nitrogens with zero attached hydrogens (tertiary/aromatic N) is 3. The third-order valence-corrected chi connectivity index (χ3v) is 5.59. The molecule has 1 amide bonds. The number of hydrogen-bond acceptors (Lipinski definition) is 5. The van der Waals surface area contributed by atoms with Crippen LogP contribution in [0.5, 0.6) is 5.75 Å². The summed E-state index contributed by atoms with van der Waals surface area (Å²) in [6, 6.07) is 5.11. The third-order valence-electron chi connectivity index (χ3n) is 5.59. The molecule has 0 unspecified atom stereocenters. The predicted octanol–water partition coefficient (Wildman–Crippen LogP) is 3.22. The van der Waals surface area contributed by atoms with Crippen molar-refractivity contribution in [3.63, 3.8) is 0 Å². The Bertz CT molecular complexity index is 650. The Morgan fingerprint density at radius 1 is 1.23 bits per heavy atom. The van der Waals surface area contributed by atoms with E-state index in [1.165, 1.54) is 32.8 Å². The van der Waals surface area contributed by atoms with E-state index in [0.717, 1.165) is 12.3 Å². The van der Waals surface area contributed by atoms with Crippen LogP contribution < -0.4 is 9.64 Å². The minimum atomic E-state index is -0.396. The van der Waals surface area contributed by atoms with Crippen LogP contribution in [0.3, 0.4) is 0 Å². The van der Waals surface area contributed by atoms with Crippen LogP contribution in [0.4, 0.5) is 11.4 Å². The van der Waals surface area contributed by atoms with Gasteiger partial charge in [-0.3, -0.25) is 14.9 Å². The summed E-state index contributed by atoms with van der Waals surface area (Å²) in [6.07, 6.45) is 6.76. The molecule has 1 saturated carbocycles. The fourth-order valence-corrected chi connectivity index (χ4v) is 4.10. The van der Waals surface area contributed by atoms with E-state index in [1.54, 1.807) is 18.2 Å². The highest BCUT2D eigenvalue weighted by Crippen LogP contribution is 2.37. The molecule has 1 aliphatic carbocycles. The molecular weight excluding hydrogens is 334 g/mol. The number of hydrogen-bond donors (Lipinski definition) is 0. The lowest BCUT2D eigenvalue weighted by molar-refractivity contribution is -0.385. The summed E-state index contributed by atoms with van der Waals surface area (Å²) in [5.74, 6) is 1.21. The number of methoxy groups -OCH3 is 1. The van der Waals surface area contributed by atoms with E-state index in [4.69, 9.17) is 4.74 Å². The van der Waals surface area contributed by atoms with Crippen LogP contribution in [0, 0.1) is 16.0 Å². The summed E-state index contributed by atoms with van der Waals surface area (Å²) in [4.78, 5) is 27.4. The van der Waals surface area contributed by atoms with E-state index in [0.29, 0.717) is 38.3 Å². The summed E-state index contributed by atoms with van der Waals surface area (Å²) in [7, 11) is 1.44. The van der Waals surface area contributed by atoms with Gasteiger partial charge in [0, 0.05) is 32.6 Å². The maximum Gasteiger partial charge on any atom is 0.333 e. The number of rotatable bonds is 6. The molecule has 1 aromatic carbocycles. The molecule has 1 saturated heterocycles. The topological polar surface area (TPSA) is 75.9 Å². The van der Waals surface area contributed by atoms with Crippen molar-refractivity contribution in [3.8, 4) is 5.75 Å². The Morgan fingerprint density at radius 3 is 2.54 bits per heavy atom. The number of carbonyl (C=O) groups excluding carboxylic acids is 1. The van der Waals surface area contributed by atoms with Gasteiger partial charge in [-0.2, -0.15) is 0 Å². The Morgan fingerprint density at radius 2 is 1.92 bits per heavy atom. The van der Waals surface area contributed by atoms with Gasteiger partial charge < -0.3 is 14.5 Å². The summed E-state index contributed by atoms with van der Waals surface area (Å²) in [5, 5.41) is 11.5.